The van der Waals surface area contributed by atoms with Crippen LogP contribution in [0.4, 0.5) is 0 Å². The van der Waals surface area contributed by atoms with E-state index in [1.165, 1.54) is 11.3 Å². The number of carbonyl (C=O) groups is 1. The number of hydrogen-bond acceptors (Lipinski definition) is 8. The van der Waals surface area contributed by atoms with Crippen LogP contribution in [-0.4, -0.2) is 31.4 Å². The number of carbonyl (C=O) groups excluding carboxylic acids is 1. The highest BCUT2D eigenvalue weighted by Gasteiger charge is 2.35. The van der Waals surface area contributed by atoms with Crippen LogP contribution in [0.5, 0.6) is 17.2 Å². The Morgan fingerprint density at radius 2 is 1.57 bits per heavy atom. The summed E-state index contributed by atoms with van der Waals surface area (Å²) in [6.45, 7) is 2.29. The van der Waals surface area contributed by atoms with Crippen molar-refractivity contribution >= 4 is 29.1 Å². The summed E-state index contributed by atoms with van der Waals surface area (Å²) in [4.78, 5) is 33.5. The summed E-state index contributed by atoms with van der Waals surface area (Å²) in [5, 5.41) is 0. The average Bonchev–Trinajstić information content (AvgIpc) is 3.41. The van der Waals surface area contributed by atoms with Gasteiger partial charge in [-0.05, 0) is 42.3 Å². The Morgan fingerprint density at radius 1 is 0.870 bits per heavy atom. The second-order valence-corrected chi connectivity index (χ2v) is 11.4. The van der Waals surface area contributed by atoms with Crippen molar-refractivity contribution in [2.24, 2.45) is 4.99 Å². The lowest BCUT2D eigenvalue weighted by Gasteiger charge is -2.26. The van der Waals surface area contributed by atoms with Crippen LogP contribution in [0.2, 0.25) is 0 Å². The molecule has 5 aromatic rings. The Balaban J connectivity index is 1.56. The van der Waals surface area contributed by atoms with Crippen LogP contribution in [0.3, 0.4) is 0 Å². The standard InChI is InChI=1S/C37H32N2O6S/c1-4-44-36(41)32-33(25-15-9-6-10-16-25)38-37-39(34(32)27-19-20-29(42-2)30(21-27)43-3)35(40)31(46-37)22-26-17-11-12-18-28(26)45-23-24-13-7-5-8-14-24/h5-22,34H,4,23H2,1-3H3/b31-22+/t34-/m1/s1. The van der Waals surface area contributed by atoms with Gasteiger partial charge in [-0.15, -0.1) is 0 Å². The highest BCUT2D eigenvalue weighted by atomic mass is 32.1. The zero-order valence-corrected chi connectivity index (χ0v) is 26.5. The normalized spacial score (nSPS) is 14.3. The minimum atomic E-state index is -0.850. The average molecular weight is 633 g/mol. The number of benzene rings is 4. The van der Waals surface area contributed by atoms with E-state index in [0.29, 0.717) is 44.4 Å². The maximum Gasteiger partial charge on any atom is 0.338 e. The number of nitrogens with zero attached hydrogens (tertiary/aromatic N) is 2. The summed E-state index contributed by atoms with van der Waals surface area (Å²) in [7, 11) is 3.10. The van der Waals surface area contributed by atoms with Gasteiger partial charge in [0.15, 0.2) is 16.3 Å². The monoisotopic (exact) mass is 632 g/mol. The first kappa shape index (κ1) is 30.6. The van der Waals surface area contributed by atoms with E-state index < -0.39 is 12.0 Å². The Morgan fingerprint density at radius 3 is 2.28 bits per heavy atom. The van der Waals surface area contributed by atoms with E-state index in [1.807, 2.05) is 97.1 Å². The first-order valence-electron chi connectivity index (χ1n) is 14.8. The molecule has 1 aliphatic heterocycles. The number of esters is 1. The molecule has 0 bridgehead atoms. The lowest BCUT2D eigenvalue weighted by atomic mass is 9.93. The van der Waals surface area contributed by atoms with Gasteiger partial charge in [0.05, 0.1) is 42.7 Å². The molecule has 0 unspecified atom stereocenters. The SMILES string of the molecule is CCOC(=O)C1=C(c2ccccc2)N=c2s/c(=C/c3ccccc3OCc3ccccc3)c(=O)n2[C@@H]1c1ccc(OC)c(OC)c1. The van der Waals surface area contributed by atoms with Gasteiger partial charge in [0.25, 0.3) is 5.56 Å². The van der Waals surface area contributed by atoms with Crippen molar-refractivity contribution in [3.05, 3.63) is 151 Å². The first-order chi connectivity index (χ1) is 22.5. The van der Waals surface area contributed by atoms with Crippen LogP contribution < -0.4 is 29.1 Å². The van der Waals surface area contributed by atoms with Crippen molar-refractivity contribution in [2.75, 3.05) is 20.8 Å². The van der Waals surface area contributed by atoms with Crippen molar-refractivity contribution in [2.45, 2.75) is 19.6 Å². The van der Waals surface area contributed by atoms with Crippen molar-refractivity contribution in [3.63, 3.8) is 0 Å². The lowest BCUT2D eigenvalue weighted by Crippen LogP contribution is -2.40. The van der Waals surface area contributed by atoms with Gasteiger partial charge in [0, 0.05) is 11.1 Å². The molecule has 0 saturated heterocycles. The zero-order chi connectivity index (χ0) is 32.0. The van der Waals surface area contributed by atoms with Gasteiger partial charge in [0.2, 0.25) is 0 Å². The molecule has 6 rings (SSSR count). The molecule has 8 nitrogen and oxygen atoms in total. The van der Waals surface area contributed by atoms with Crippen molar-refractivity contribution < 1.29 is 23.7 Å². The number of thiazole rings is 1. The molecule has 0 aliphatic carbocycles. The molecule has 0 fully saturated rings. The molecule has 1 atom stereocenters. The van der Waals surface area contributed by atoms with Gasteiger partial charge in [-0.25, -0.2) is 9.79 Å². The maximum atomic E-state index is 14.3. The molecule has 9 heteroatoms. The number of fused-ring (bicyclic) bond motifs is 1. The molecule has 46 heavy (non-hydrogen) atoms. The Bertz CT molecular complexity index is 2080. The number of ether oxygens (including phenoxy) is 4. The summed E-state index contributed by atoms with van der Waals surface area (Å²) >= 11 is 1.25. The van der Waals surface area contributed by atoms with Crippen LogP contribution in [0.15, 0.2) is 118 Å². The van der Waals surface area contributed by atoms with Crippen molar-refractivity contribution in [1.29, 1.82) is 0 Å². The highest BCUT2D eigenvalue weighted by Crippen LogP contribution is 2.38. The topological polar surface area (TPSA) is 88.4 Å². The van der Waals surface area contributed by atoms with Gasteiger partial charge >= 0.3 is 5.97 Å². The Hall–Kier alpha value is -5.41. The van der Waals surface area contributed by atoms with Crippen LogP contribution in [0, 0.1) is 0 Å². The predicted octanol–water partition coefficient (Wildman–Crippen LogP) is 5.53. The van der Waals surface area contributed by atoms with E-state index in [0.717, 1.165) is 16.7 Å². The molecule has 1 aliphatic rings. The molecule has 0 saturated carbocycles. The van der Waals surface area contributed by atoms with E-state index in [4.69, 9.17) is 23.9 Å². The Kier molecular flexibility index (Phi) is 9.12. The third-order valence-electron chi connectivity index (χ3n) is 7.54. The third-order valence-corrected chi connectivity index (χ3v) is 8.52. The zero-order valence-electron chi connectivity index (χ0n) is 25.6. The molecule has 0 N–H and O–H groups in total. The summed E-state index contributed by atoms with van der Waals surface area (Å²) in [5.41, 5.74) is 3.56. The van der Waals surface area contributed by atoms with Crippen molar-refractivity contribution in [1.82, 2.24) is 4.57 Å². The van der Waals surface area contributed by atoms with E-state index >= 15 is 0 Å². The quantitative estimate of drug-likeness (QED) is 0.188. The maximum absolute atomic E-state index is 14.3. The van der Waals surface area contributed by atoms with Crippen molar-refractivity contribution in [3.8, 4) is 17.2 Å². The number of para-hydroxylation sites is 1. The summed E-state index contributed by atoms with van der Waals surface area (Å²) in [5.74, 6) is 1.08. The molecule has 0 spiro atoms. The van der Waals surface area contributed by atoms with Crippen LogP contribution in [-0.2, 0) is 16.1 Å². The number of methoxy groups -OCH3 is 2. The van der Waals surface area contributed by atoms with Crippen LogP contribution >= 0.6 is 11.3 Å². The molecule has 232 valence electrons. The van der Waals surface area contributed by atoms with Gasteiger partial charge in [0.1, 0.15) is 12.4 Å². The number of aromatic nitrogens is 1. The van der Waals surface area contributed by atoms with E-state index in [1.54, 1.807) is 37.8 Å². The van der Waals surface area contributed by atoms with E-state index in [2.05, 4.69) is 0 Å². The first-order valence-corrected chi connectivity index (χ1v) is 15.6. The molecule has 2 heterocycles. The Labute approximate surface area is 270 Å². The molecular weight excluding hydrogens is 600 g/mol. The molecule has 1 aromatic heterocycles. The predicted molar refractivity (Wildman–Crippen MR) is 178 cm³/mol. The fraction of sp³-hybridized carbons (Fsp3) is 0.162. The fourth-order valence-electron chi connectivity index (χ4n) is 5.39. The lowest BCUT2D eigenvalue weighted by molar-refractivity contribution is -0.138. The number of rotatable bonds is 10. The third kappa shape index (κ3) is 6.09. The van der Waals surface area contributed by atoms with Gasteiger partial charge in [-0.1, -0.05) is 96.3 Å². The van der Waals surface area contributed by atoms with Gasteiger partial charge < -0.3 is 18.9 Å². The summed E-state index contributed by atoms with van der Waals surface area (Å²) < 4.78 is 24.8. The fourth-order valence-corrected chi connectivity index (χ4v) is 6.38. The molecule has 0 radical (unpaired) electrons. The molecule has 4 aromatic carbocycles. The second-order valence-electron chi connectivity index (χ2n) is 10.4. The second kappa shape index (κ2) is 13.7. The minimum Gasteiger partial charge on any atom is -0.493 e. The molecule has 0 amide bonds. The number of hydrogen-bond donors (Lipinski definition) is 0. The highest BCUT2D eigenvalue weighted by molar-refractivity contribution is 7.07. The summed E-state index contributed by atoms with van der Waals surface area (Å²) in [6.07, 6.45) is 1.81. The smallest absolute Gasteiger partial charge is 0.338 e. The van der Waals surface area contributed by atoms with Crippen LogP contribution in [0.25, 0.3) is 11.8 Å². The van der Waals surface area contributed by atoms with Gasteiger partial charge in [-0.3, -0.25) is 9.36 Å². The van der Waals surface area contributed by atoms with Gasteiger partial charge in [-0.2, -0.15) is 0 Å². The van der Waals surface area contributed by atoms with Crippen LogP contribution in [0.1, 0.15) is 35.2 Å². The summed E-state index contributed by atoms with van der Waals surface area (Å²) in [6, 6.07) is 31.4. The molecular formula is C37H32N2O6S. The largest absolute Gasteiger partial charge is 0.493 e. The minimum absolute atomic E-state index is 0.160. The van der Waals surface area contributed by atoms with E-state index in [-0.39, 0.29) is 17.7 Å². The van der Waals surface area contributed by atoms with E-state index in [9.17, 15) is 9.59 Å².